The van der Waals surface area contributed by atoms with Gasteiger partial charge in [0.15, 0.2) is 0 Å². The Morgan fingerprint density at radius 3 is 3.10 bits per heavy atom. The molecular weight excluding hydrogens is 266 g/mol. The Balaban J connectivity index is 1.51. The molecular formula is C16H19N3O2. The normalized spacial score (nSPS) is 36.2. The molecule has 4 atom stereocenters. The molecule has 5 nitrogen and oxygen atoms in total. The number of amides is 1. The second-order valence-electron chi connectivity index (χ2n) is 6.81. The van der Waals surface area contributed by atoms with Gasteiger partial charge in [0.25, 0.3) is 0 Å². The first-order valence-electron chi connectivity index (χ1n) is 7.55. The van der Waals surface area contributed by atoms with Crippen molar-refractivity contribution in [3.05, 3.63) is 41.1 Å². The Kier molecular flexibility index (Phi) is 2.62. The smallest absolute Gasteiger partial charge is 0.340 e. The molecule has 0 aromatic carbocycles. The largest absolute Gasteiger partial charge is 0.347 e. The van der Waals surface area contributed by atoms with E-state index in [4.69, 9.17) is 0 Å². The molecule has 110 valence electrons. The standard InChI is InChI=1S/C16H19N3O2/c1-16-10-19(8-13(16)11-3-4-12(16)7-11)14(20)9-18-6-2-5-17-15(18)21/h2-6,11-13H,7-10H2,1H3/t11-,12+,13?,16+/m1/s1. The molecule has 2 heterocycles. The fourth-order valence-electron chi connectivity index (χ4n) is 4.51. The van der Waals surface area contributed by atoms with Crippen LogP contribution in [0.3, 0.4) is 0 Å². The summed E-state index contributed by atoms with van der Waals surface area (Å²) in [5, 5.41) is 0. The average molecular weight is 285 g/mol. The number of allylic oxidation sites excluding steroid dienone is 2. The Morgan fingerprint density at radius 1 is 1.48 bits per heavy atom. The van der Waals surface area contributed by atoms with Gasteiger partial charge in [-0.3, -0.25) is 9.36 Å². The van der Waals surface area contributed by atoms with Gasteiger partial charge in [-0.15, -0.1) is 0 Å². The lowest BCUT2D eigenvalue weighted by Crippen LogP contribution is -2.37. The van der Waals surface area contributed by atoms with Crippen molar-refractivity contribution in [2.45, 2.75) is 19.9 Å². The van der Waals surface area contributed by atoms with Crippen molar-refractivity contribution < 1.29 is 4.79 Å². The highest BCUT2D eigenvalue weighted by molar-refractivity contribution is 5.76. The maximum absolute atomic E-state index is 12.5. The zero-order chi connectivity index (χ0) is 14.6. The predicted octanol–water partition coefficient (Wildman–Crippen LogP) is 0.914. The van der Waals surface area contributed by atoms with Crippen LogP contribution in [-0.4, -0.2) is 33.4 Å². The fourth-order valence-corrected chi connectivity index (χ4v) is 4.51. The van der Waals surface area contributed by atoms with Gasteiger partial charge in [0.2, 0.25) is 5.91 Å². The van der Waals surface area contributed by atoms with E-state index in [1.54, 1.807) is 12.3 Å². The van der Waals surface area contributed by atoms with Gasteiger partial charge >= 0.3 is 5.69 Å². The van der Waals surface area contributed by atoms with Crippen LogP contribution in [0.1, 0.15) is 13.3 Å². The van der Waals surface area contributed by atoms with Crippen molar-refractivity contribution in [2.75, 3.05) is 13.1 Å². The molecule has 1 unspecified atom stereocenters. The third-order valence-corrected chi connectivity index (χ3v) is 5.72. The van der Waals surface area contributed by atoms with E-state index in [1.807, 2.05) is 4.90 Å². The Hall–Kier alpha value is -1.91. The van der Waals surface area contributed by atoms with E-state index in [9.17, 15) is 9.59 Å². The third-order valence-electron chi connectivity index (χ3n) is 5.72. The van der Waals surface area contributed by atoms with E-state index < -0.39 is 0 Å². The van der Waals surface area contributed by atoms with Crippen molar-refractivity contribution in [1.29, 1.82) is 0 Å². The number of carbonyl (C=O) groups excluding carboxylic acids is 1. The molecule has 0 N–H and O–H groups in total. The summed E-state index contributed by atoms with van der Waals surface area (Å²) in [6, 6.07) is 1.68. The molecule has 2 fully saturated rings. The van der Waals surface area contributed by atoms with Crippen molar-refractivity contribution in [1.82, 2.24) is 14.5 Å². The first-order chi connectivity index (χ1) is 10.1. The minimum Gasteiger partial charge on any atom is -0.340 e. The molecule has 21 heavy (non-hydrogen) atoms. The molecule has 2 bridgehead atoms. The molecule has 1 saturated heterocycles. The summed E-state index contributed by atoms with van der Waals surface area (Å²) in [4.78, 5) is 29.7. The molecule has 1 aromatic heterocycles. The third kappa shape index (κ3) is 1.79. The van der Waals surface area contributed by atoms with Crippen LogP contribution in [0.25, 0.3) is 0 Å². The number of rotatable bonds is 2. The highest BCUT2D eigenvalue weighted by Gasteiger charge is 2.57. The second-order valence-corrected chi connectivity index (χ2v) is 6.81. The summed E-state index contributed by atoms with van der Waals surface area (Å²) in [7, 11) is 0. The molecule has 3 aliphatic rings. The van der Waals surface area contributed by atoms with Gasteiger partial charge < -0.3 is 4.90 Å². The van der Waals surface area contributed by atoms with Gasteiger partial charge in [-0.2, -0.15) is 0 Å². The number of fused-ring (bicyclic) bond motifs is 5. The Labute approximate surface area is 123 Å². The monoisotopic (exact) mass is 285 g/mol. The lowest BCUT2D eigenvalue weighted by molar-refractivity contribution is -0.131. The molecule has 1 saturated carbocycles. The van der Waals surface area contributed by atoms with Crippen molar-refractivity contribution in [3.63, 3.8) is 0 Å². The zero-order valence-electron chi connectivity index (χ0n) is 12.1. The second kappa shape index (κ2) is 4.29. The fraction of sp³-hybridized carbons (Fsp3) is 0.562. The molecule has 1 aromatic rings. The van der Waals surface area contributed by atoms with Gasteiger partial charge in [-0.1, -0.05) is 19.1 Å². The van der Waals surface area contributed by atoms with Crippen LogP contribution in [0.4, 0.5) is 0 Å². The SMILES string of the molecule is C[C@@]12CN(C(=O)Cn3cccnc3=O)CC1[C@@H]1C=C[C@H]2C1. The number of likely N-dealkylation sites (tertiary alicyclic amines) is 1. The minimum absolute atomic E-state index is 0.0279. The Morgan fingerprint density at radius 2 is 2.33 bits per heavy atom. The summed E-state index contributed by atoms with van der Waals surface area (Å²) >= 11 is 0. The van der Waals surface area contributed by atoms with Crippen molar-refractivity contribution >= 4 is 5.91 Å². The number of carbonyl (C=O) groups is 1. The summed E-state index contributed by atoms with van der Waals surface area (Å²) in [6.07, 6.45) is 8.99. The van der Waals surface area contributed by atoms with Crippen LogP contribution < -0.4 is 5.69 Å². The van der Waals surface area contributed by atoms with Crippen molar-refractivity contribution in [2.24, 2.45) is 23.2 Å². The lowest BCUT2D eigenvalue weighted by atomic mass is 9.72. The quantitative estimate of drug-likeness (QED) is 0.759. The lowest BCUT2D eigenvalue weighted by Gasteiger charge is -2.31. The number of aromatic nitrogens is 2. The minimum atomic E-state index is -0.363. The van der Waals surface area contributed by atoms with Crippen LogP contribution in [0.5, 0.6) is 0 Å². The van der Waals surface area contributed by atoms with Gasteiger partial charge in [0.1, 0.15) is 6.54 Å². The van der Waals surface area contributed by atoms with Crippen LogP contribution in [0.2, 0.25) is 0 Å². The first kappa shape index (κ1) is 12.8. The number of hydrogen-bond donors (Lipinski definition) is 0. The average Bonchev–Trinajstić information content (AvgIpc) is 3.11. The molecule has 5 heteroatoms. The van der Waals surface area contributed by atoms with Crippen LogP contribution in [0.15, 0.2) is 35.4 Å². The highest BCUT2D eigenvalue weighted by atomic mass is 16.2. The van der Waals surface area contributed by atoms with Gasteiger partial charge in [-0.25, -0.2) is 9.78 Å². The van der Waals surface area contributed by atoms with E-state index in [0.717, 1.165) is 13.1 Å². The predicted molar refractivity (Wildman–Crippen MR) is 77.4 cm³/mol. The molecule has 0 radical (unpaired) electrons. The van der Waals surface area contributed by atoms with Crippen molar-refractivity contribution in [3.8, 4) is 0 Å². The maximum atomic E-state index is 12.5. The van der Waals surface area contributed by atoms with E-state index in [2.05, 4.69) is 24.1 Å². The summed E-state index contributed by atoms with van der Waals surface area (Å²) in [5.74, 6) is 1.87. The summed E-state index contributed by atoms with van der Waals surface area (Å²) < 4.78 is 1.38. The van der Waals surface area contributed by atoms with E-state index in [0.29, 0.717) is 17.8 Å². The van der Waals surface area contributed by atoms with Gasteiger partial charge in [0, 0.05) is 25.5 Å². The summed E-state index contributed by atoms with van der Waals surface area (Å²) in [6.45, 7) is 4.06. The van der Waals surface area contributed by atoms with Gasteiger partial charge in [0.05, 0.1) is 0 Å². The topological polar surface area (TPSA) is 55.2 Å². The Bertz CT molecular complexity index is 680. The van der Waals surface area contributed by atoms with E-state index >= 15 is 0 Å². The summed E-state index contributed by atoms with van der Waals surface area (Å²) in [5.41, 5.74) is -0.132. The zero-order valence-corrected chi connectivity index (χ0v) is 12.1. The number of hydrogen-bond acceptors (Lipinski definition) is 3. The molecule has 4 rings (SSSR count). The molecule has 1 aliphatic heterocycles. The molecule has 1 amide bonds. The van der Waals surface area contributed by atoms with E-state index in [-0.39, 0.29) is 23.6 Å². The van der Waals surface area contributed by atoms with E-state index in [1.165, 1.54) is 17.2 Å². The van der Waals surface area contributed by atoms with Crippen LogP contribution in [0, 0.1) is 23.2 Å². The first-order valence-corrected chi connectivity index (χ1v) is 7.55. The number of nitrogens with zero attached hydrogens (tertiary/aromatic N) is 3. The van der Waals surface area contributed by atoms with Crippen LogP contribution >= 0.6 is 0 Å². The van der Waals surface area contributed by atoms with Gasteiger partial charge in [-0.05, 0) is 35.7 Å². The maximum Gasteiger partial charge on any atom is 0.347 e. The highest BCUT2D eigenvalue weighted by Crippen LogP contribution is 2.59. The van der Waals surface area contributed by atoms with Crippen LogP contribution in [-0.2, 0) is 11.3 Å². The molecule has 2 aliphatic carbocycles. The molecule has 0 spiro atoms.